The normalized spacial score (nSPS) is 27.5. The number of hydrogen-bond acceptors (Lipinski definition) is 3. The fourth-order valence-electron chi connectivity index (χ4n) is 2.99. The molecule has 5 heteroatoms. The summed E-state index contributed by atoms with van der Waals surface area (Å²) in [6.45, 7) is -2.10. The second-order valence-corrected chi connectivity index (χ2v) is 5.20. The number of alkyl halides is 2. The van der Waals surface area contributed by atoms with Crippen molar-refractivity contribution < 1.29 is 13.5 Å². The standard InChI is InChI=1S/C14H14F2N2O/c15-13(16)19-10-3-1-2-9(6-10)11-8-18-14(4-5-14)12(11)7-17/h1-3,6,11-13,18H,4-5,8H2/t11-,12-/m0/s1. The Morgan fingerprint density at radius 2 is 2.21 bits per heavy atom. The van der Waals surface area contributed by atoms with E-state index in [4.69, 9.17) is 0 Å². The largest absolute Gasteiger partial charge is 0.435 e. The molecule has 1 saturated carbocycles. The van der Waals surface area contributed by atoms with E-state index in [0.29, 0.717) is 0 Å². The van der Waals surface area contributed by atoms with Gasteiger partial charge in [-0.15, -0.1) is 0 Å². The Labute approximate surface area is 110 Å². The third-order valence-corrected chi connectivity index (χ3v) is 4.11. The summed E-state index contributed by atoms with van der Waals surface area (Å²) in [5, 5.41) is 12.8. The summed E-state index contributed by atoms with van der Waals surface area (Å²) in [7, 11) is 0. The molecule has 1 aromatic carbocycles. The minimum absolute atomic E-state index is 0.0288. The van der Waals surface area contributed by atoms with Crippen LogP contribution in [0.3, 0.4) is 0 Å². The van der Waals surface area contributed by atoms with Gasteiger partial charge in [0.2, 0.25) is 0 Å². The number of nitriles is 1. The molecule has 2 fully saturated rings. The number of hydrogen-bond donors (Lipinski definition) is 1. The number of halogens is 2. The molecule has 1 aliphatic heterocycles. The summed E-state index contributed by atoms with van der Waals surface area (Å²) >= 11 is 0. The predicted molar refractivity (Wildman–Crippen MR) is 64.9 cm³/mol. The number of nitrogens with one attached hydrogen (secondary N) is 1. The smallest absolute Gasteiger partial charge is 0.387 e. The van der Waals surface area contributed by atoms with Gasteiger partial charge in [-0.05, 0) is 30.5 Å². The molecule has 1 aromatic rings. The van der Waals surface area contributed by atoms with E-state index in [1.807, 2.05) is 6.07 Å². The van der Waals surface area contributed by atoms with Crippen LogP contribution in [-0.4, -0.2) is 18.7 Å². The SMILES string of the molecule is N#C[C@H]1[C@H](c2cccc(OC(F)F)c2)CNC12CC2. The first-order valence-corrected chi connectivity index (χ1v) is 6.34. The second-order valence-electron chi connectivity index (χ2n) is 5.20. The van der Waals surface area contributed by atoms with Gasteiger partial charge in [0.15, 0.2) is 0 Å². The summed E-state index contributed by atoms with van der Waals surface area (Å²) in [6, 6.07) is 9.06. The lowest BCUT2D eigenvalue weighted by atomic mass is 9.85. The molecule has 2 aliphatic rings. The van der Waals surface area contributed by atoms with Crippen molar-refractivity contribution in [1.82, 2.24) is 5.32 Å². The second kappa shape index (κ2) is 4.46. The molecule has 1 aliphatic carbocycles. The van der Waals surface area contributed by atoms with Crippen molar-refractivity contribution in [3.8, 4) is 11.8 Å². The van der Waals surface area contributed by atoms with Crippen LogP contribution in [0.4, 0.5) is 8.78 Å². The summed E-state index contributed by atoms with van der Waals surface area (Å²) < 4.78 is 28.9. The number of ether oxygens (including phenoxy) is 1. The first-order valence-electron chi connectivity index (χ1n) is 6.34. The van der Waals surface area contributed by atoms with Gasteiger partial charge < -0.3 is 10.1 Å². The van der Waals surface area contributed by atoms with Crippen LogP contribution in [-0.2, 0) is 0 Å². The Morgan fingerprint density at radius 1 is 1.42 bits per heavy atom. The van der Waals surface area contributed by atoms with Crippen LogP contribution in [0.2, 0.25) is 0 Å². The molecule has 0 unspecified atom stereocenters. The molecule has 1 N–H and O–H groups in total. The van der Waals surface area contributed by atoms with Crippen molar-refractivity contribution in [3.05, 3.63) is 29.8 Å². The lowest BCUT2D eigenvalue weighted by molar-refractivity contribution is -0.0499. The van der Waals surface area contributed by atoms with Crippen LogP contribution in [0.1, 0.15) is 24.3 Å². The van der Waals surface area contributed by atoms with Crippen molar-refractivity contribution in [3.63, 3.8) is 0 Å². The fourth-order valence-corrected chi connectivity index (χ4v) is 2.99. The molecule has 3 rings (SSSR count). The average Bonchev–Trinajstić information content (AvgIpc) is 3.03. The molecular weight excluding hydrogens is 250 g/mol. The third-order valence-electron chi connectivity index (χ3n) is 4.11. The minimum atomic E-state index is -2.82. The Hall–Kier alpha value is -1.67. The summed E-state index contributed by atoms with van der Waals surface area (Å²) in [5.74, 6) is 0.115. The van der Waals surface area contributed by atoms with Crippen molar-refractivity contribution in [2.24, 2.45) is 5.92 Å². The Balaban J connectivity index is 1.84. The molecular formula is C14H14F2N2O. The van der Waals surface area contributed by atoms with Crippen molar-refractivity contribution in [2.75, 3.05) is 6.54 Å². The highest BCUT2D eigenvalue weighted by Crippen LogP contribution is 2.52. The van der Waals surface area contributed by atoms with E-state index >= 15 is 0 Å². The van der Waals surface area contributed by atoms with Crippen molar-refractivity contribution >= 4 is 0 Å². The van der Waals surface area contributed by atoms with Gasteiger partial charge in [-0.1, -0.05) is 12.1 Å². The summed E-state index contributed by atoms with van der Waals surface area (Å²) in [6.07, 6.45) is 2.05. The Bertz CT molecular complexity index is 522. The maximum atomic E-state index is 12.2. The van der Waals surface area contributed by atoms with Gasteiger partial charge in [0.05, 0.1) is 12.0 Å². The molecule has 19 heavy (non-hydrogen) atoms. The first-order chi connectivity index (χ1) is 9.14. The zero-order chi connectivity index (χ0) is 13.5. The monoisotopic (exact) mass is 264 g/mol. The maximum Gasteiger partial charge on any atom is 0.387 e. The van der Waals surface area contributed by atoms with Gasteiger partial charge in [0, 0.05) is 18.0 Å². The molecule has 0 bridgehead atoms. The van der Waals surface area contributed by atoms with E-state index in [0.717, 1.165) is 24.9 Å². The van der Waals surface area contributed by atoms with Gasteiger partial charge in [-0.2, -0.15) is 14.0 Å². The topological polar surface area (TPSA) is 45.0 Å². The lowest BCUT2D eigenvalue weighted by Crippen LogP contribution is -2.28. The minimum Gasteiger partial charge on any atom is -0.435 e. The first kappa shape index (κ1) is 12.4. The highest BCUT2D eigenvalue weighted by Gasteiger charge is 2.56. The van der Waals surface area contributed by atoms with E-state index in [1.165, 1.54) is 6.07 Å². The van der Waals surface area contributed by atoms with Crippen LogP contribution in [0.15, 0.2) is 24.3 Å². The van der Waals surface area contributed by atoms with Crippen LogP contribution < -0.4 is 10.1 Å². The zero-order valence-corrected chi connectivity index (χ0v) is 10.3. The van der Waals surface area contributed by atoms with E-state index in [9.17, 15) is 14.0 Å². The van der Waals surface area contributed by atoms with Crippen molar-refractivity contribution in [2.45, 2.75) is 30.9 Å². The molecule has 1 saturated heterocycles. The molecule has 0 amide bonds. The van der Waals surface area contributed by atoms with E-state index in [1.54, 1.807) is 12.1 Å². The molecule has 3 nitrogen and oxygen atoms in total. The number of rotatable bonds is 3. The van der Waals surface area contributed by atoms with Crippen LogP contribution in [0, 0.1) is 17.2 Å². The molecule has 2 atom stereocenters. The molecule has 0 radical (unpaired) electrons. The van der Waals surface area contributed by atoms with Gasteiger partial charge in [0.25, 0.3) is 0 Å². The number of benzene rings is 1. The van der Waals surface area contributed by atoms with Crippen LogP contribution >= 0.6 is 0 Å². The van der Waals surface area contributed by atoms with Gasteiger partial charge in [-0.25, -0.2) is 0 Å². The third kappa shape index (κ3) is 2.17. The molecule has 0 aromatic heterocycles. The fraction of sp³-hybridized carbons (Fsp3) is 0.500. The summed E-state index contributed by atoms with van der Waals surface area (Å²) in [4.78, 5) is 0. The zero-order valence-electron chi connectivity index (χ0n) is 10.3. The van der Waals surface area contributed by atoms with E-state index in [-0.39, 0.29) is 23.1 Å². The van der Waals surface area contributed by atoms with Gasteiger partial charge >= 0.3 is 6.61 Å². The Kier molecular flexibility index (Phi) is 2.90. The Morgan fingerprint density at radius 3 is 2.84 bits per heavy atom. The molecule has 1 spiro atoms. The lowest BCUT2D eigenvalue weighted by Gasteiger charge is -2.17. The molecule has 100 valence electrons. The van der Waals surface area contributed by atoms with E-state index in [2.05, 4.69) is 16.1 Å². The van der Waals surface area contributed by atoms with Gasteiger partial charge in [0.1, 0.15) is 5.75 Å². The highest BCUT2D eigenvalue weighted by molar-refractivity contribution is 5.36. The van der Waals surface area contributed by atoms with Gasteiger partial charge in [-0.3, -0.25) is 0 Å². The van der Waals surface area contributed by atoms with E-state index < -0.39 is 6.61 Å². The number of nitrogens with zero attached hydrogens (tertiary/aromatic N) is 1. The average molecular weight is 264 g/mol. The highest BCUT2D eigenvalue weighted by atomic mass is 19.3. The van der Waals surface area contributed by atoms with Crippen molar-refractivity contribution in [1.29, 1.82) is 5.26 Å². The summed E-state index contributed by atoms with van der Waals surface area (Å²) in [5.41, 5.74) is 0.861. The quantitative estimate of drug-likeness (QED) is 0.912. The van der Waals surface area contributed by atoms with Crippen LogP contribution in [0.25, 0.3) is 0 Å². The molecule has 1 heterocycles. The van der Waals surface area contributed by atoms with Crippen LogP contribution in [0.5, 0.6) is 5.75 Å². The predicted octanol–water partition coefficient (Wildman–Crippen LogP) is 2.65. The maximum absolute atomic E-state index is 12.2.